The van der Waals surface area contributed by atoms with Gasteiger partial charge >= 0.3 is 5.97 Å². The molecule has 0 aliphatic heterocycles. The number of esters is 1. The Morgan fingerprint density at radius 1 is 0.955 bits per heavy atom. The largest absolute Gasteiger partial charge is 0.454 e. The van der Waals surface area contributed by atoms with Crippen LogP contribution >= 0.6 is 0 Å². The zero-order chi connectivity index (χ0) is 15.4. The first-order chi connectivity index (χ1) is 10.8. The van der Waals surface area contributed by atoms with Crippen LogP contribution in [0.25, 0.3) is 11.0 Å². The Morgan fingerprint density at radius 2 is 1.73 bits per heavy atom. The van der Waals surface area contributed by atoms with E-state index in [1.165, 1.54) is 18.6 Å². The van der Waals surface area contributed by atoms with Gasteiger partial charge in [0.15, 0.2) is 12.4 Å². The third-order valence-corrected chi connectivity index (χ3v) is 3.06. The van der Waals surface area contributed by atoms with Gasteiger partial charge in [0.2, 0.25) is 0 Å². The van der Waals surface area contributed by atoms with Crippen molar-refractivity contribution in [2.24, 2.45) is 0 Å². The molecule has 0 fully saturated rings. The van der Waals surface area contributed by atoms with Gasteiger partial charge in [0.25, 0.3) is 0 Å². The number of rotatable bonds is 4. The quantitative estimate of drug-likeness (QED) is 0.541. The van der Waals surface area contributed by atoms with Crippen molar-refractivity contribution in [2.45, 2.75) is 0 Å². The average Bonchev–Trinajstić information content (AvgIpc) is 2.59. The average molecular weight is 293 g/mol. The van der Waals surface area contributed by atoms with Crippen molar-refractivity contribution in [3.05, 3.63) is 66.2 Å². The molecule has 0 aliphatic carbocycles. The van der Waals surface area contributed by atoms with Crippen LogP contribution in [0.4, 0.5) is 0 Å². The SMILES string of the molecule is O=C(COC(=O)c1cccc2nccnc12)c1ccncc1. The number of fused-ring (bicyclic) bond motifs is 1. The molecular formula is C16H11N3O3. The molecule has 0 saturated heterocycles. The monoisotopic (exact) mass is 293 g/mol. The number of para-hydroxylation sites is 1. The lowest BCUT2D eigenvalue weighted by Crippen LogP contribution is -2.14. The molecule has 0 atom stereocenters. The Kier molecular flexibility index (Phi) is 3.82. The minimum atomic E-state index is -0.603. The first-order valence-electron chi connectivity index (χ1n) is 6.56. The number of pyridine rings is 1. The molecule has 0 saturated carbocycles. The number of hydrogen-bond donors (Lipinski definition) is 0. The van der Waals surface area contributed by atoms with Gasteiger partial charge in [0.05, 0.1) is 11.1 Å². The summed E-state index contributed by atoms with van der Waals surface area (Å²) in [5.41, 5.74) is 1.78. The Morgan fingerprint density at radius 3 is 2.55 bits per heavy atom. The number of nitrogens with zero attached hydrogens (tertiary/aromatic N) is 3. The summed E-state index contributed by atoms with van der Waals surface area (Å²) in [6.07, 6.45) is 6.07. The van der Waals surface area contributed by atoms with E-state index in [0.717, 1.165) is 0 Å². The molecule has 0 spiro atoms. The van der Waals surface area contributed by atoms with Gasteiger partial charge in [-0.25, -0.2) is 4.79 Å². The van der Waals surface area contributed by atoms with E-state index in [1.807, 2.05) is 0 Å². The topological polar surface area (TPSA) is 82.0 Å². The summed E-state index contributed by atoms with van der Waals surface area (Å²) >= 11 is 0. The maximum atomic E-state index is 12.1. The predicted molar refractivity (Wildman–Crippen MR) is 78.4 cm³/mol. The Labute approximate surface area is 125 Å². The van der Waals surface area contributed by atoms with Crippen LogP contribution in [0.3, 0.4) is 0 Å². The van der Waals surface area contributed by atoms with E-state index in [-0.39, 0.29) is 18.0 Å². The summed E-state index contributed by atoms with van der Waals surface area (Å²) in [5.74, 6) is -0.893. The van der Waals surface area contributed by atoms with E-state index in [1.54, 1.807) is 36.5 Å². The van der Waals surface area contributed by atoms with Crippen LogP contribution < -0.4 is 0 Å². The summed E-state index contributed by atoms with van der Waals surface area (Å²) in [5, 5.41) is 0. The number of carbonyl (C=O) groups excluding carboxylic acids is 2. The Balaban J connectivity index is 1.76. The lowest BCUT2D eigenvalue weighted by Gasteiger charge is -2.06. The first-order valence-corrected chi connectivity index (χ1v) is 6.56. The summed E-state index contributed by atoms with van der Waals surface area (Å²) in [6, 6.07) is 8.18. The summed E-state index contributed by atoms with van der Waals surface area (Å²) in [6.45, 7) is -0.334. The van der Waals surface area contributed by atoms with Gasteiger partial charge < -0.3 is 4.74 Å². The smallest absolute Gasteiger partial charge is 0.340 e. The molecule has 2 aromatic heterocycles. The van der Waals surface area contributed by atoms with Crippen LogP contribution in [-0.4, -0.2) is 33.3 Å². The van der Waals surface area contributed by atoms with Gasteiger partial charge in [0.1, 0.15) is 5.52 Å². The number of hydrogen-bond acceptors (Lipinski definition) is 6. The van der Waals surface area contributed by atoms with Crippen LogP contribution in [-0.2, 0) is 4.74 Å². The molecule has 108 valence electrons. The highest BCUT2D eigenvalue weighted by molar-refractivity contribution is 6.03. The van der Waals surface area contributed by atoms with Crippen LogP contribution in [0.1, 0.15) is 20.7 Å². The molecule has 0 aliphatic rings. The van der Waals surface area contributed by atoms with E-state index in [4.69, 9.17) is 4.74 Å². The second-order valence-electron chi connectivity index (χ2n) is 4.46. The number of aromatic nitrogens is 3. The van der Waals surface area contributed by atoms with Crippen molar-refractivity contribution in [1.82, 2.24) is 15.0 Å². The zero-order valence-electron chi connectivity index (χ0n) is 11.5. The predicted octanol–water partition coefficient (Wildman–Crippen LogP) is 2.06. The van der Waals surface area contributed by atoms with Gasteiger partial charge in [-0.2, -0.15) is 0 Å². The van der Waals surface area contributed by atoms with Crippen molar-refractivity contribution in [2.75, 3.05) is 6.61 Å². The Bertz CT molecular complexity index is 829. The lowest BCUT2D eigenvalue weighted by atomic mass is 10.1. The van der Waals surface area contributed by atoms with Crippen molar-refractivity contribution >= 4 is 22.8 Å². The molecule has 0 radical (unpaired) electrons. The van der Waals surface area contributed by atoms with Gasteiger partial charge in [-0.1, -0.05) is 6.07 Å². The lowest BCUT2D eigenvalue weighted by molar-refractivity contribution is 0.0476. The van der Waals surface area contributed by atoms with Crippen LogP contribution in [0.15, 0.2) is 55.1 Å². The minimum absolute atomic E-state index is 0.285. The second-order valence-corrected chi connectivity index (χ2v) is 4.46. The molecule has 1 aromatic carbocycles. The molecule has 0 amide bonds. The molecular weight excluding hydrogens is 282 g/mol. The van der Waals surface area contributed by atoms with Gasteiger partial charge in [-0.05, 0) is 24.3 Å². The van der Waals surface area contributed by atoms with E-state index < -0.39 is 5.97 Å². The summed E-state index contributed by atoms with van der Waals surface area (Å²) in [7, 11) is 0. The van der Waals surface area contributed by atoms with E-state index in [0.29, 0.717) is 16.6 Å². The van der Waals surface area contributed by atoms with Crippen molar-refractivity contribution in [3.8, 4) is 0 Å². The normalized spacial score (nSPS) is 10.4. The van der Waals surface area contributed by atoms with Crippen molar-refractivity contribution in [3.63, 3.8) is 0 Å². The molecule has 0 N–H and O–H groups in total. The second kappa shape index (κ2) is 6.09. The molecule has 3 aromatic rings. The molecule has 3 rings (SSSR count). The van der Waals surface area contributed by atoms with E-state index in [2.05, 4.69) is 15.0 Å². The zero-order valence-corrected chi connectivity index (χ0v) is 11.5. The van der Waals surface area contributed by atoms with E-state index >= 15 is 0 Å². The van der Waals surface area contributed by atoms with Crippen molar-refractivity contribution < 1.29 is 14.3 Å². The van der Waals surface area contributed by atoms with Crippen LogP contribution in [0, 0.1) is 0 Å². The number of ether oxygens (including phenoxy) is 1. The van der Waals surface area contributed by atoms with E-state index in [9.17, 15) is 9.59 Å². The minimum Gasteiger partial charge on any atom is -0.454 e. The fourth-order valence-corrected chi connectivity index (χ4v) is 1.99. The molecule has 6 heteroatoms. The molecule has 22 heavy (non-hydrogen) atoms. The standard InChI is InChI=1S/C16H11N3O3/c20-14(11-4-6-17-7-5-11)10-22-16(21)12-2-1-3-13-15(12)19-9-8-18-13/h1-9H,10H2. The highest BCUT2D eigenvalue weighted by Gasteiger charge is 2.15. The van der Waals surface area contributed by atoms with Crippen molar-refractivity contribution in [1.29, 1.82) is 0 Å². The number of benzene rings is 1. The summed E-state index contributed by atoms with van der Waals surface area (Å²) < 4.78 is 5.08. The number of carbonyl (C=O) groups is 2. The third-order valence-electron chi connectivity index (χ3n) is 3.06. The van der Waals surface area contributed by atoms with Gasteiger partial charge in [-0.3, -0.25) is 19.7 Å². The molecule has 0 bridgehead atoms. The fourth-order valence-electron chi connectivity index (χ4n) is 1.99. The van der Waals surface area contributed by atoms with Gasteiger partial charge in [-0.15, -0.1) is 0 Å². The number of ketones is 1. The summed E-state index contributed by atoms with van der Waals surface area (Å²) in [4.78, 5) is 36.1. The third kappa shape index (κ3) is 2.80. The Hall–Kier alpha value is -3.15. The van der Waals surface area contributed by atoms with Crippen LogP contribution in [0.2, 0.25) is 0 Å². The van der Waals surface area contributed by atoms with Crippen LogP contribution in [0.5, 0.6) is 0 Å². The molecule has 6 nitrogen and oxygen atoms in total. The number of Topliss-reactive ketones (excluding diaryl/α,β-unsaturated/α-hetero) is 1. The van der Waals surface area contributed by atoms with Gasteiger partial charge in [0, 0.05) is 30.4 Å². The maximum Gasteiger partial charge on any atom is 0.340 e. The maximum absolute atomic E-state index is 12.1. The highest BCUT2D eigenvalue weighted by atomic mass is 16.5. The first kappa shape index (κ1) is 13.8. The highest BCUT2D eigenvalue weighted by Crippen LogP contribution is 2.15. The molecule has 0 unspecified atom stereocenters. The molecule has 2 heterocycles. The fraction of sp³-hybridized carbons (Fsp3) is 0.0625.